The van der Waals surface area contributed by atoms with Crippen LogP contribution in [0.5, 0.6) is 11.5 Å². The third-order valence-electron chi connectivity index (χ3n) is 3.36. The number of anilines is 1. The van der Waals surface area contributed by atoms with E-state index in [-0.39, 0.29) is 29.8 Å². The minimum absolute atomic E-state index is 0.119. The predicted molar refractivity (Wildman–Crippen MR) is 84.3 cm³/mol. The van der Waals surface area contributed by atoms with Crippen molar-refractivity contribution in [2.75, 3.05) is 17.9 Å². The van der Waals surface area contributed by atoms with E-state index < -0.39 is 9.84 Å². The second-order valence-corrected chi connectivity index (χ2v) is 7.11. The Morgan fingerprint density at radius 2 is 1.78 bits per heavy atom. The lowest BCUT2D eigenvalue weighted by Gasteiger charge is -2.07. The molecule has 1 heterocycles. The zero-order valence-electron chi connectivity index (χ0n) is 12.2. The molecule has 0 saturated carbocycles. The van der Waals surface area contributed by atoms with Crippen LogP contribution in [0.2, 0.25) is 0 Å². The van der Waals surface area contributed by atoms with E-state index in [0.717, 1.165) is 0 Å². The predicted octanol–water partition coefficient (Wildman–Crippen LogP) is 2.22. The van der Waals surface area contributed by atoms with Gasteiger partial charge in [-0.1, -0.05) is 18.2 Å². The summed E-state index contributed by atoms with van der Waals surface area (Å²) in [6.45, 7) is 0.155. The summed E-state index contributed by atoms with van der Waals surface area (Å²) in [5, 5.41) is 2.66. The molecular weight excluding hydrogens is 318 g/mol. The Morgan fingerprint density at radius 1 is 1.04 bits per heavy atom. The average Bonchev–Trinajstić information content (AvgIpc) is 3.02. The number of benzene rings is 2. The Kier molecular flexibility index (Phi) is 4.20. The van der Waals surface area contributed by atoms with Crippen molar-refractivity contribution in [3.05, 3.63) is 48.5 Å². The fourth-order valence-corrected chi connectivity index (χ4v) is 3.43. The molecule has 0 bridgehead atoms. The topological polar surface area (TPSA) is 81.7 Å². The van der Waals surface area contributed by atoms with Crippen molar-refractivity contribution < 1.29 is 22.7 Å². The zero-order valence-corrected chi connectivity index (χ0v) is 13.0. The van der Waals surface area contributed by atoms with Crippen molar-refractivity contribution in [3.63, 3.8) is 0 Å². The summed E-state index contributed by atoms with van der Waals surface area (Å²) in [6.07, 6.45) is -0.119. The number of amides is 1. The largest absolute Gasteiger partial charge is 0.454 e. The van der Waals surface area contributed by atoms with Crippen LogP contribution in [0.15, 0.2) is 53.4 Å². The SMILES string of the molecule is O=C(CCS(=O)(=O)c1ccccc1)Nc1ccc2c(c1)OCO2. The fourth-order valence-electron chi connectivity index (χ4n) is 2.17. The molecule has 1 N–H and O–H groups in total. The lowest BCUT2D eigenvalue weighted by atomic mass is 10.2. The average molecular weight is 333 g/mol. The summed E-state index contributed by atoms with van der Waals surface area (Å²) in [4.78, 5) is 12.2. The molecule has 3 rings (SSSR count). The first-order valence-corrected chi connectivity index (χ1v) is 8.67. The molecule has 1 amide bonds. The Morgan fingerprint density at radius 3 is 2.57 bits per heavy atom. The van der Waals surface area contributed by atoms with Crippen LogP contribution in [0.25, 0.3) is 0 Å². The third-order valence-corrected chi connectivity index (χ3v) is 5.09. The van der Waals surface area contributed by atoms with E-state index in [1.165, 1.54) is 12.1 Å². The van der Waals surface area contributed by atoms with Crippen LogP contribution in [0.4, 0.5) is 5.69 Å². The highest BCUT2D eigenvalue weighted by atomic mass is 32.2. The van der Waals surface area contributed by atoms with Gasteiger partial charge in [0, 0.05) is 18.2 Å². The van der Waals surface area contributed by atoms with Crippen molar-refractivity contribution >= 4 is 21.4 Å². The van der Waals surface area contributed by atoms with Crippen LogP contribution >= 0.6 is 0 Å². The maximum absolute atomic E-state index is 12.1. The monoisotopic (exact) mass is 333 g/mol. The van der Waals surface area contributed by atoms with Gasteiger partial charge in [-0.3, -0.25) is 4.79 Å². The number of hydrogen-bond acceptors (Lipinski definition) is 5. The summed E-state index contributed by atoms with van der Waals surface area (Å²) in [6, 6.07) is 13.1. The quantitative estimate of drug-likeness (QED) is 0.907. The number of nitrogens with one attached hydrogen (secondary N) is 1. The Balaban J connectivity index is 1.60. The molecule has 6 nitrogen and oxygen atoms in total. The van der Waals surface area contributed by atoms with Crippen molar-refractivity contribution in [3.8, 4) is 11.5 Å². The van der Waals surface area contributed by atoms with E-state index in [9.17, 15) is 13.2 Å². The molecule has 7 heteroatoms. The highest BCUT2D eigenvalue weighted by molar-refractivity contribution is 7.91. The summed E-state index contributed by atoms with van der Waals surface area (Å²) in [5.74, 6) is 0.561. The minimum Gasteiger partial charge on any atom is -0.454 e. The lowest BCUT2D eigenvalue weighted by Crippen LogP contribution is -2.17. The van der Waals surface area contributed by atoms with Gasteiger partial charge in [0.25, 0.3) is 0 Å². The number of carbonyl (C=O) groups is 1. The molecule has 1 aliphatic heterocycles. The number of hydrogen-bond donors (Lipinski definition) is 1. The molecule has 0 saturated heterocycles. The van der Waals surface area contributed by atoms with E-state index in [0.29, 0.717) is 17.2 Å². The Bertz CT molecular complexity index is 818. The molecule has 2 aromatic carbocycles. The van der Waals surface area contributed by atoms with Crippen LogP contribution in [-0.2, 0) is 14.6 Å². The number of ether oxygens (including phenoxy) is 2. The Hall–Kier alpha value is -2.54. The molecular formula is C16H15NO5S. The van der Waals surface area contributed by atoms with E-state index in [1.807, 2.05) is 0 Å². The first-order valence-electron chi connectivity index (χ1n) is 7.02. The summed E-state index contributed by atoms with van der Waals surface area (Å²) in [7, 11) is -3.46. The van der Waals surface area contributed by atoms with E-state index in [1.54, 1.807) is 36.4 Å². The van der Waals surface area contributed by atoms with Crippen LogP contribution in [0.3, 0.4) is 0 Å². The van der Waals surface area contributed by atoms with Gasteiger partial charge in [0.15, 0.2) is 21.3 Å². The van der Waals surface area contributed by atoms with Gasteiger partial charge >= 0.3 is 0 Å². The Labute approximate surface area is 134 Å². The van der Waals surface area contributed by atoms with Crippen LogP contribution < -0.4 is 14.8 Å². The van der Waals surface area contributed by atoms with E-state index in [4.69, 9.17) is 9.47 Å². The molecule has 0 fully saturated rings. The highest BCUT2D eigenvalue weighted by Crippen LogP contribution is 2.34. The second kappa shape index (κ2) is 6.29. The number of sulfone groups is 1. The van der Waals surface area contributed by atoms with Gasteiger partial charge in [-0.2, -0.15) is 0 Å². The van der Waals surface area contributed by atoms with Crippen LogP contribution in [0, 0.1) is 0 Å². The molecule has 1 aliphatic rings. The molecule has 0 unspecified atom stereocenters. The zero-order chi connectivity index (χ0) is 16.3. The van der Waals surface area contributed by atoms with Gasteiger partial charge in [0.2, 0.25) is 12.7 Å². The van der Waals surface area contributed by atoms with Gasteiger partial charge in [-0.15, -0.1) is 0 Å². The minimum atomic E-state index is -3.46. The third kappa shape index (κ3) is 3.62. The van der Waals surface area contributed by atoms with Gasteiger partial charge in [0.1, 0.15) is 0 Å². The maximum Gasteiger partial charge on any atom is 0.231 e. The molecule has 0 aliphatic carbocycles. The first-order chi connectivity index (χ1) is 11.0. The van der Waals surface area contributed by atoms with Gasteiger partial charge in [0.05, 0.1) is 10.6 Å². The summed E-state index contributed by atoms with van der Waals surface area (Å²) >= 11 is 0. The number of carbonyl (C=O) groups excluding carboxylic acids is 1. The van der Waals surface area contributed by atoms with Gasteiger partial charge in [-0.05, 0) is 24.3 Å². The maximum atomic E-state index is 12.1. The van der Waals surface area contributed by atoms with Crippen molar-refractivity contribution in [1.29, 1.82) is 0 Å². The summed E-state index contributed by atoms with van der Waals surface area (Å²) in [5.41, 5.74) is 0.538. The first kappa shape index (κ1) is 15.4. The van der Waals surface area contributed by atoms with E-state index in [2.05, 4.69) is 5.32 Å². The van der Waals surface area contributed by atoms with E-state index >= 15 is 0 Å². The van der Waals surface area contributed by atoms with Gasteiger partial charge in [-0.25, -0.2) is 8.42 Å². The number of fused-ring (bicyclic) bond motifs is 1. The van der Waals surface area contributed by atoms with Crippen molar-refractivity contribution in [1.82, 2.24) is 0 Å². The molecule has 0 atom stereocenters. The molecule has 0 radical (unpaired) electrons. The number of rotatable bonds is 5. The molecule has 120 valence electrons. The molecule has 23 heavy (non-hydrogen) atoms. The van der Waals surface area contributed by atoms with Gasteiger partial charge < -0.3 is 14.8 Å². The summed E-state index contributed by atoms with van der Waals surface area (Å²) < 4.78 is 34.7. The smallest absolute Gasteiger partial charge is 0.231 e. The lowest BCUT2D eigenvalue weighted by molar-refractivity contribution is -0.115. The normalized spacial score (nSPS) is 12.9. The molecule has 0 spiro atoms. The molecule has 0 aromatic heterocycles. The van der Waals surface area contributed by atoms with Crippen molar-refractivity contribution in [2.45, 2.75) is 11.3 Å². The highest BCUT2D eigenvalue weighted by Gasteiger charge is 2.17. The fraction of sp³-hybridized carbons (Fsp3) is 0.188. The second-order valence-electron chi connectivity index (χ2n) is 5.00. The standard InChI is InChI=1S/C16H15NO5S/c18-16(8-9-23(19,20)13-4-2-1-3-5-13)17-12-6-7-14-15(10-12)22-11-21-14/h1-7,10H,8-9,11H2,(H,17,18). The molecule has 2 aromatic rings. The van der Waals surface area contributed by atoms with Crippen molar-refractivity contribution in [2.24, 2.45) is 0 Å². The van der Waals surface area contributed by atoms with Crippen LogP contribution in [-0.4, -0.2) is 26.9 Å². The van der Waals surface area contributed by atoms with Crippen LogP contribution in [0.1, 0.15) is 6.42 Å².